The molecule has 62 valence electrons. The molecule has 0 aromatic carbocycles. The first-order chi connectivity index (χ1) is 5.20. The average molecular weight is 154 g/mol. The highest BCUT2D eigenvalue weighted by Crippen LogP contribution is 2.31. The van der Waals surface area contributed by atoms with E-state index in [4.69, 9.17) is 15.9 Å². The summed E-state index contributed by atoms with van der Waals surface area (Å²) >= 11 is 0. The summed E-state index contributed by atoms with van der Waals surface area (Å²) in [5.74, 6) is 3.39. The van der Waals surface area contributed by atoms with Gasteiger partial charge in [0.1, 0.15) is 6.10 Å². The number of ether oxygens (including phenoxy) is 2. The van der Waals surface area contributed by atoms with E-state index >= 15 is 0 Å². The molecule has 1 fully saturated rings. The molecule has 0 bridgehead atoms. The Kier molecular flexibility index (Phi) is 2.53. The monoisotopic (exact) mass is 154 g/mol. The van der Waals surface area contributed by atoms with Crippen LogP contribution >= 0.6 is 0 Å². The smallest absolute Gasteiger partial charge is 0.161 e. The normalized spacial score (nSPS) is 43.8. The summed E-state index contributed by atoms with van der Waals surface area (Å²) in [5, 5.41) is 0. The Hall–Kier alpha value is -0.520. The molecule has 0 amide bonds. The fraction of sp³-hybridized carbons (Fsp3) is 0.778. The molecule has 0 aromatic heterocycles. The Morgan fingerprint density at radius 1 is 1.36 bits per heavy atom. The van der Waals surface area contributed by atoms with Crippen molar-refractivity contribution in [2.45, 2.75) is 26.2 Å². The van der Waals surface area contributed by atoms with Crippen molar-refractivity contribution >= 4 is 0 Å². The number of hydrogen-bond donors (Lipinski definition) is 0. The minimum absolute atomic E-state index is 0.0741. The van der Waals surface area contributed by atoms with Crippen LogP contribution in [0.2, 0.25) is 0 Å². The molecule has 1 heterocycles. The molecule has 0 aromatic rings. The number of hydrogen-bond acceptors (Lipinski definition) is 2. The van der Waals surface area contributed by atoms with Gasteiger partial charge in [-0.2, -0.15) is 0 Å². The zero-order chi connectivity index (χ0) is 8.43. The first kappa shape index (κ1) is 8.58. The van der Waals surface area contributed by atoms with Gasteiger partial charge in [0.25, 0.3) is 0 Å². The van der Waals surface area contributed by atoms with Crippen LogP contribution in [0.4, 0.5) is 0 Å². The van der Waals surface area contributed by atoms with Crippen LogP contribution in [-0.2, 0) is 9.47 Å². The van der Waals surface area contributed by atoms with Crippen molar-refractivity contribution in [1.29, 1.82) is 0 Å². The summed E-state index contributed by atoms with van der Waals surface area (Å²) in [7, 11) is 1.65. The maximum atomic E-state index is 5.43. The molecule has 1 saturated heterocycles. The van der Waals surface area contributed by atoms with Crippen LogP contribution in [-0.4, -0.2) is 19.5 Å². The topological polar surface area (TPSA) is 18.5 Å². The summed E-state index contributed by atoms with van der Waals surface area (Å²) in [6.45, 7) is 4.18. The van der Waals surface area contributed by atoms with Crippen molar-refractivity contribution in [1.82, 2.24) is 0 Å². The lowest BCUT2D eigenvalue weighted by atomic mass is 9.94. The third kappa shape index (κ3) is 1.40. The molecule has 1 aliphatic heterocycles. The van der Waals surface area contributed by atoms with Gasteiger partial charge in [0.05, 0.1) is 0 Å². The highest BCUT2D eigenvalue weighted by atomic mass is 16.7. The highest BCUT2D eigenvalue weighted by Gasteiger charge is 2.37. The lowest BCUT2D eigenvalue weighted by Crippen LogP contribution is -2.17. The Bertz CT molecular complexity index is 171. The lowest BCUT2D eigenvalue weighted by molar-refractivity contribution is -0.118. The van der Waals surface area contributed by atoms with Crippen molar-refractivity contribution in [3.8, 4) is 12.3 Å². The van der Waals surface area contributed by atoms with Gasteiger partial charge in [0, 0.05) is 18.9 Å². The average Bonchev–Trinajstić information content (AvgIpc) is 2.30. The molecule has 1 rings (SSSR count). The molecular weight excluding hydrogens is 140 g/mol. The third-order valence-corrected chi connectivity index (χ3v) is 2.41. The zero-order valence-corrected chi connectivity index (χ0v) is 7.20. The van der Waals surface area contributed by atoms with Gasteiger partial charge < -0.3 is 9.47 Å². The predicted molar refractivity (Wildman–Crippen MR) is 42.8 cm³/mol. The number of methoxy groups -OCH3 is 1. The van der Waals surface area contributed by atoms with Crippen LogP contribution in [0, 0.1) is 24.2 Å². The van der Waals surface area contributed by atoms with Crippen LogP contribution in [0.3, 0.4) is 0 Å². The van der Waals surface area contributed by atoms with E-state index in [1.807, 2.05) is 0 Å². The molecule has 0 aliphatic carbocycles. The molecule has 0 radical (unpaired) electrons. The van der Waals surface area contributed by atoms with Crippen molar-refractivity contribution in [2.24, 2.45) is 11.8 Å². The van der Waals surface area contributed by atoms with E-state index in [2.05, 4.69) is 19.8 Å². The molecule has 0 spiro atoms. The van der Waals surface area contributed by atoms with Crippen LogP contribution in [0.1, 0.15) is 13.8 Å². The molecular formula is C9H14O2. The minimum atomic E-state index is -0.119. The number of terminal acetylenes is 1. The van der Waals surface area contributed by atoms with Gasteiger partial charge in [-0.15, -0.1) is 6.42 Å². The second-order valence-electron chi connectivity index (χ2n) is 3.05. The molecule has 11 heavy (non-hydrogen) atoms. The van der Waals surface area contributed by atoms with E-state index in [9.17, 15) is 0 Å². The molecule has 2 heteroatoms. The Labute approximate surface area is 67.9 Å². The SMILES string of the molecule is C#C[C@H]1OC(OC)[C@H](C)[C@@H]1C. The molecule has 0 N–H and O–H groups in total. The van der Waals surface area contributed by atoms with Gasteiger partial charge >= 0.3 is 0 Å². The summed E-state index contributed by atoms with van der Waals surface area (Å²) in [6, 6.07) is 0. The summed E-state index contributed by atoms with van der Waals surface area (Å²) in [5.41, 5.74) is 0. The fourth-order valence-corrected chi connectivity index (χ4v) is 1.38. The van der Waals surface area contributed by atoms with Gasteiger partial charge in [-0.1, -0.05) is 19.8 Å². The van der Waals surface area contributed by atoms with E-state index < -0.39 is 0 Å². The van der Waals surface area contributed by atoms with Crippen molar-refractivity contribution in [3.63, 3.8) is 0 Å². The van der Waals surface area contributed by atoms with Crippen LogP contribution in [0.5, 0.6) is 0 Å². The van der Waals surface area contributed by atoms with Crippen molar-refractivity contribution in [2.75, 3.05) is 7.11 Å². The van der Waals surface area contributed by atoms with E-state index in [0.717, 1.165) is 0 Å². The molecule has 1 unspecified atom stereocenters. The summed E-state index contributed by atoms with van der Waals surface area (Å²) in [6.07, 6.45) is 5.08. The van der Waals surface area contributed by atoms with Crippen LogP contribution < -0.4 is 0 Å². The second kappa shape index (κ2) is 3.25. The van der Waals surface area contributed by atoms with Crippen LogP contribution in [0.25, 0.3) is 0 Å². The highest BCUT2D eigenvalue weighted by molar-refractivity contribution is 5.02. The maximum Gasteiger partial charge on any atom is 0.161 e. The molecule has 0 saturated carbocycles. The summed E-state index contributed by atoms with van der Waals surface area (Å²) < 4.78 is 10.5. The van der Waals surface area contributed by atoms with Gasteiger partial charge in [0.15, 0.2) is 6.29 Å². The first-order valence-corrected chi connectivity index (χ1v) is 3.85. The van der Waals surface area contributed by atoms with E-state index in [0.29, 0.717) is 11.8 Å². The largest absolute Gasteiger partial charge is 0.356 e. The summed E-state index contributed by atoms with van der Waals surface area (Å²) in [4.78, 5) is 0. The van der Waals surface area contributed by atoms with Crippen LogP contribution in [0.15, 0.2) is 0 Å². The van der Waals surface area contributed by atoms with Gasteiger partial charge in [-0.3, -0.25) is 0 Å². The molecule has 4 atom stereocenters. The predicted octanol–water partition coefficient (Wildman–Crippen LogP) is 1.26. The van der Waals surface area contributed by atoms with Gasteiger partial charge in [-0.25, -0.2) is 0 Å². The lowest BCUT2D eigenvalue weighted by Gasteiger charge is -2.12. The Balaban J connectivity index is 2.62. The molecule has 2 nitrogen and oxygen atoms in total. The third-order valence-electron chi connectivity index (χ3n) is 2.41. The quantitative estimate of drug-likeness (QED) is 0.529. The Morgan fingerprint density at radius 2 is 2.00 bits per heavy atom. The van der Waals surface area contributed by atoms with E-state index in [-0.39, 0.29) is 12.4 Å². The minimum Gasteiger partial charge on any atom is -0.356 e. The Morgan fingerprint density at radius 3 is 2.27 bits per heavy atom. The van der Waals surface area contributed by atoms with Crippen molar-refractivity contribution in [3.05, 3.63) is 0 Å². The van der Waals surface area contributed by atoms with Gasteiger partial charge in [0.2, 0.25) is 0 Å². The fourth-order valence-electron chi connectivity index (χ4n) is 1.38. The van der Waals surface area contributed by atoms with E-state index in [1.54, 1.807) is 7.11 Å². The zero-order valence-electron chi connectivity index (χ0n) is 7.20. The number of rotatable bonds is 1. The van der Waals surface area contributed by atoms with Crippen molar-refractivity contribution < 1.29 is 9.47 Å². The van der Waals surface area contributed by atoms with Gasteiger partial charge in [-0.05, 0) is 0 Å². The second-order valence-corrected chi connectivity index (χ2v) is 3.05. The standard InChI is InChI=1S/C9H14O2/c1-5-8-6(2)7(3)9(10-4)11-8/h1,6-9H,2-4H3/t6-,7+,8+,9?/m0/s1. The maximum absolute atomic E-state index is 5.43. The van der Waals surface area contributed by atoms with E-state index in [1.165, 1.54) is 0 Å². The first-order valence-electron chi connectivity index (χ1n) is 3.85. The molecule has 1 aliphatic rings.